The second-order valence-corrected chi connectivity index (χ2v) is 6.32. The zero-order valence-corrected chi connectivity index (χ0v) is 14.9. The summed E-state index contributed by atoms with van der Waals surface area (Å²) in [6, 6.07) is 15.7. The van der Waals surface area contributed by atoms with Crippen molar-refractivity contribution in [2.45, 2.75) is 45.3 Å². The van der Waals surface area contributed by atoms with Crippen molar-refractivity contribution in [1.29, 1.82) is 0 Å². The summed E-state index contributed by atoms with van der Waals surface area (Å²) in [5.74, 6) is 1.21. The van der Waals surface area contributed by atoms with Crippen LogP contribution in [-0.4, -0.2) is 23.6 Å². The lowest BCUT2D eigenvalue weighted by molar-refractivity contribution is 0.340. The number of hydrogen-bond acceptors (Lipinski definition) is 4. The molecule has 1 heterocycles. The summed E-state index contributed by atoms with van der Waals surface area (Å²) < 4.78 is 5.53. The SMILES string of the molecule is CCC[C@H]1N=C(c2ccc(OCC)cc2)C[C@H](c2ccccc2O)N1. The van der Waals surface area contributed by atoms with Gasteiger partial charge in [-0.1, -0.05) is 31.5 Å². The van der Waals surface area contributed by atoms with E-state index >= 15 is 0 Å². The van der Waals surface area contributed by atoms with E-state index in [1.807, 2.05) is 37.3 Å². The molecule has 2 aromatic carbocycles. The van der Waals surface area contributed by atoms with E-state index in [2.05, 4.69) is 24.4 Å². The molecule has 0 radical (unpaired) electrons. The number of ether oxygens (including phenoxy) is 1. The quantitative estimate of drug-likeness (QED) is 0.818. The summed E-state index contributed by atoms with van der Waals surface area (Å²) in [4.78, 5) is 4.91. The molecule has 0 aliphatic carbocycles. The fraction of sp³-hybridized carbons (Fsp3) is 0.381. The highest BCUT2D eigenvalue weighted by atomic mass is 16.5. The van der Waals surface area contributed by atoms with Gasteiger partial charge in [-0.05, 0) is 49.2 Å². The van der Waals surface area contributed by atoms with Crippen molar-refractivity contribution >= 4 is 5.71 Å². The van der Waals surface area contributed by atoms with Gasteiger partial charge in [0.1, 0.15) is 17.7 Å². The van der Waals surface area contributed by atoms with E-state index in [1.165, 1.54) is 0 Å². The Hall–Kier alpha value is -2.33. The molecule has 4 heteroatoms. The van der Waals surface area contributed by atoms with Crippen LogP contribution in [0, 0.1) is 0 Å². The Kier molecular flexibility index (Phi) is 5.71. The minimum atomic E-state index is 0.0665. The molecule has 0 spiro atoms. The third-order valence-corrected chi connectivity index (χ3v) is 4.48. The van der Waals surface area contributed by atoms with Gasteiger partial charge in [-0.25, -0.2) is 0 Å². The van der Waals surface area contributed by atoms with E-state index in [0.717, 1.165) is 41.9 Å². The van der Waals surface area contributed by atoms with Crippen molar-refractivity contribution in [3.05, 3.63) is 59.7 Å². The van der Waals surface area contributed by atoms with Crippen molar-refractivity contribution in [2.24, 2.45) is 4.99 Å². The maximum Gasteiger partial charge on any atom is 0.120 e. The first kappa shape index (κ1) is 17.5. The standard InChI is InChI=1S/C21H26N2O2/c1-3-7-21-22-18(15-10-12-16(13-11-15)25-4-2)14-19(23-21)17-8-5-6-9-20(17)24/h5-6,8-13,19,21,23-24H,3-4,7,14H2,1-2H3/t19-,21+/m1/s1. The van der Waals surface area contributed by atoms with Crippen LogP contribution in [0.15, 0.2) is 53.5 Å². The highest BCUT2D eigenvalue weighted by molar-refractivity contribution is 6.01. The molecular formula is C21H26N2O2. The van der Waals surface area contributed by atoms with Gasteiger partial charge >= 0.3 is 0 Å². The van der Waals surface area contributed by atoms with Gasteiger partial charge in [-0.2, -0.15) is 0 Å². The number of aromatic hydroxyl groups is 1. The summed E-state index contributed by atoms with van der Waals surface area (Å²) >= 11 is 0. The second kappa shape index (κ2) is 8.17. The van der Waals surface area contributed by atoms with E-state index in [1.54, 1.807) is 6.07 Å². The van der Waals surface area contributed by atoms with E-state index in [-0.39, 0.29) is 12.2 Å². The van der Waals surface area contributed by atoms with E-state index in [4.69, 9.17) is 9.73 Å². The summed E-state index contributed by atoms with van der Waals surface area (Å²) in [7, 11) is 0. The minimum Gasteiger partial charge on any atom is -0.508 e. The normalized spacial score (nSPS) is 20.2. The van der Waals surface area contributed by atoms with E-state index in [9.17, 15) is 5.11 Å². The predicted molar refractivity (Wildman–Crippen MR) is 101 cm³/mol. The Bertz CT molecular complexity index is 725. The van der Waals surface area contributed by atoms with Gasteiger partial charge < -0.3 is 9.84 Å². The van der Waals surface area contributed by atoms with Crippen LogP contribution < -0.4 is 10.1 Å². The van der Waals surface area contributed by atoms with Gasteiger partial charge in [0.2, 0.25) is 0 Å². The average molecular weight is 338 g/mol. The fourth-order valence-electron chi connectivity index (χ4n) is 3.27. The smallest absolute Gasteiger partial charge is 0.120 e. The lowest BCUT2D eigenvalue weighted by atomic mass is 9.94. The van der Waals surface area contributed by atoms with Crippen LogP contribution in [0.5, 0.6) is 11.5 Å². The number of hydrogen-bond donors (Lipinski definition) is 2. The second-order valence-electron chi connectivity index (χ2n) is 6.32. The molecule has 132 valence electrons. The lowest BCUT2D eigenvalue weighted by Crippen LogP contribution is -2.38. The molecule has 0 amide bonds. The van der Waals surface area contributed by atoms with Crippen LogP contribution in [0.3, 0.4) is 0 Å². The number of nitrogens with one attached hydrogen (secondary N) is 1. The number of para-hydroxylation sites is 1. The van der Waals surface area contributed by atoms with Crippen LogP contribution >= 0.6 is 0 Å². The van der Waals surface area contributed by atoms with Crippen molar-refractivity contribution < 1.29 is 9.84 Å². The maximum atomic E-state index is 10.2. The highest BCUT2D eigenvalue weighted by Gasteiger charge is 2.26. The van der Waals surface area contributed by atoms with Crippen molar-refractivity contribution in [3.63, 3.8) is 0 Å². The van der Waals surface area contributed by atoms with Gasteiger partial charge in [-0.15, -0.1) is 0 Å². The van der Waals surface area contributed by atoms with Crippen molar-refractivity contribution in [1.82, 2.24) is 5.32 Å². The lowest BCUT2D eigenvalue weighted by Gasteiger charge is -2.30. The Balaban J connectivity index is 1.87. The number of phenols is 1. The molecule has 25 heavy (non-hydrogen) atoms. The van der Waals surface area contributed by atoms with Crippen LogP contribution in [-0.2, 0) is 0 Å². The molecule has 0 unspecified atom stereocenters. The molecule has 0 saturated carbocycles. The van der Waals surface area contributed by atoms with Crippen molar-refractivity contribution in [3.8, 4) is 11.5 Å². The number of benzene rings is 2. The summed E-state index contributed by atoms with van der Waals surface area (Å²) in [6.45, 7) is 4.81. The first-order chi connectivity index (χ1) is 12.2. The van der Waals surface area contributed by atoms with E-state index in [0.29, 0.717) is 12.4 Å². The molecule has 3 rings (SSSR count). The molecular weight excluding hydrogens is 312 g/mol. The van der Waals surface area contributed by atoms with Crippen LogP contribution in [0.25, 0.3) is 0 Å². The molecule has 1 aliphatic rings. The summed E-state index contributed by atoms with van der Waals surface area (Å²) in [6.07, 6.45) is 2.87. The van der Waals surface area contributed by atoms with Gasteiger partial charge in [-0.3, -0.25) is 10.3 Å². The van der Waals surface area contributed by atoms with Crippen molar-refractivity contribution in [2.75, 3.05) is 6.61 Å². The number of phenolic OH excluding ortho intramolecular Hbond substituents is 1. The number of nitrogens with zero attached hydrogens (tertiary/aromatic N) is 1. The molecule has 0 aromatic heterocycles. The minimum absolute atomic E-state index is 0.0665. The Morgan fingerprint density at radius 2 is 1.88 bits per heavy atom. The first-order valence-corrected chi connectivity index (χ1v) is 9.05. The highest BCUT2D eigenvalue weighted by Crippen LogP contribution is 2.31. The van der Waals surface area contributed by atoms with Crippen LogP contribution in [0.4, 0.5) is 0 Å². The van der Waals surface area contributed by atoms with E-state index < -0.39 is 0 Å². The largest absolute Gasteiger partial charge is 0.508 e. The molecule has 0 bridgehead atoms. The first-order valence-electron chi connectivity index (χ1n) is 9.05. The predicted octanol–water partition coefficient (Wildman–Crippen LogP) is 4.44. The third kappa shape index (κ3) is 4.20. The Morgan fingerprint density at radius 1 is 1.12 bits per heavy atom. The molecule has 2 aromatic rings. The fourth-order valence-corrected chi connectivity index (χ4v) is 3.27. The zero-order valence-electron chi connectivity index (χ0n) is 14.9. The Labute approximate surface area is 149 Å². The van der Waals surface area contributed by atoms with Crippen LogP contribution in [0.1, 0.15) is 50.3 Å². The average Bonchev–Trinajstić information content (AvgIpc) is 2.63. The van der Waals surface area contributed by atoms with Gasteiger partial charge in [0.15, 0.2) is 0 Å². The summed E-state index contributed by atoms with van der Waals surface area (Å²) in [5.41, 5.74) is 3.13. The topological polar surface area (TPSA) is 53.9 Å². The maximum absolute atomic E-state index is 10.2. The zero-order chi connectivity index (χ0) is 17.6. The molecule has 4 nitrogen and oxygen atoms in total. The van der Waals surface area contributed by atoms with Gasteiger partial charge in [0.05, 0.1) is 6.61 Å². The molecule has 2 N–H and O–H groups in total. The molecule has 0 fully saturated rings. The Morgan fingerprint density at radius 3 is 2.56 bits per heavy atom. The van der Waals surface area contributed by atoms with Crippen LogP contribution in [0.2, 0.25) is 0 Å². The molecule has 2 atom stereocenters. The third-order valence-electron chi connectivity index (χ3n) is 4.48. The molecule has 1 aliphatic heterocycles. The summed E-state index contributed by atoms with van der Waals surface area (Å²) in [5, 5.41) is 13.8. The van der Waals surface area contributed by atoms with Gasteiger partial charge in [0, 0.05) is 23.7 Å². The number of rotatable bonds is 6. The monoisotopic (exact) mass is 338 g/mol. The molecule has 0 saturated heterocycles. The number of aliphatic imine (C=N–C) groups is 1. The van der Waals surface area contributed by atoms with Gasteiger partial charge in [0.25, 0.3) is 0 Å².